The highest BCUT2D eigenvalue weighted by Gasteiger charge is 2.16. The minimum Gasteiger partial charge on any atom is -0.494 e. The van der Waals surface area contributed by atoms with E-state index in [1.807, 2.05) is 12.1 Å². The smallest absolute Gasteiger partial charge is 0.337 e. The van der Waals surface area contributed by atoms with Gasteiger partial charge in [-0.2, -0.15) is 0 Å². The Balaban J connectivity index is 1.56. The standard InChI is InChI=1S/C23H28N6O3/c1-27-9-4-10-29(12-11-27)17-5-6-19(21(14-17)32-3)26-23-24-8-7-18(25-23)20-13-16(22(30)31)15-28(20)2/h5-8,13-15H,4,9-12H2,1-3H3,(H,30,31)(H,24,25,26). The van der Waals surface area contributed by atoms with Crippen molar-refractivity contribution in [3.63, 3.8) is 0 Å². The number of anilines is 3. The number of benzene rings is 1. The zero-order valence-corrected chi connectivity index (χ0v) is 18.6. The highest BCUT2D eigenvalue weighted by molar-refractivity contribution is 5.89. The second-order valence-corrected chi connectivity index (χ2v) is 7.95. The van der Waals surface area contributed by atoms with Crippen molar-refractivity contribution in [3.8, 4) is 17.1 Å². The monoisotopic (exact) mass is 436 g/mol. The summed E-state index contributed by atoms with van der Waals surface area (Å²) in [6.07, 6.45) is 4.34. The molecule has 9 heteroatoms. The first kappa shape index (κ1) is 21.6. The number of methoxy groups -OCH3 is 1. The van der Waals surface area contributed by atoms with E-state index in [4.69, 9.17) is 4.74 Å². The van der Waals surface area contributed by atoms with E-state index >= 15 is 0 Å². The van der Waals surface area contributed by atoms with Crippen LogP contribution in [-0.2, 0) is 7.05 Å². The molecule has 1 aliphatic rings. The van der Waals surface area contributed by atoms with Crippen molar-refractivity contribution >= 4 is 23.3 Å². The van der Waals surface area contributed by atoms with E-state index in [1.165, 1.54) is 0 Å². The molecule has 168 valence electrons. The molecule has 4 rings (SSSR count). The fourth-order valence-electron chi connectivity index (χ4n) is 3.90. The van der Waals surface area contributed by atoms with Crippen LogP contribution in [0.2, 0.25) is 0 Å². The molecule has 0 amide bonds. The molecule has 1 saturated heterocycles. The summed E-state index contributed by atoms with van der Waals surface area (Å²) in [7, 11) is 5.59. The summed E-state index contributed by atoms with van der Waals surface area (Å²) in [6.45, 7) is 4.13. The van der Waals surface area contributed by atoms with Crippen molar-refractivity contribution in [3.05, 3.63) is 48.3 Å². The van der Waals surface area contributed by atoms with Gasteiger partial charge < -0.3 is 29.5 Å². The summed E-state index contributed by atoms with van der Waals surface area (Å²) in [4.78, 5) is 24.9. The predicted molar refractivity (Wildman–Crippen MR) is 124 cm³/mol. The van der Waals surface area contributed by atoms with Crippen LogP contribution in [0.1, 0.15) is 16.8 Å². The Morgan fingerprint density at radius 1 is 1.12 bits per heavy atom. The lowest BCUT2D eigenvalue weighted by atomic mass is 10.2. The van der Waals surface area contributed by atoms with E-state index < -0.39 is 5.97 Å². The van der Waals surface area contributed by atoms with E-state index in [1.54, 1.807) is 43.3 Å². The molecule has 0 saturated carbocycles. The van der Waals surface area contributed by atoms with Gasteiger partial charge in [0.15, 0.2) is 0 Å². The van der Waals surface area contributed by atoms with Crippen molar-refractivity contribution in [2.45, 2.75) is 6.42 Å². The molecular formula is C23H28N6O3. The van der Waals surface area contributed by atoms with Crippen molar-refractivity contribution in [2.24, 2.45) is 7.05 Å². The van der Waals surface area contributed by atoms with Crippen LogP contribution < -0.4 is 15.0 Å². The van der Waals surface area contributed by atoms with Gasteiger partial charge in [0.25, 0.3) is 0 Å². The molecule has 0 bridgehead atoms. The SMILES string of the molecule is COc1cc(N2CCCN(C)CC2)ccc1Nc1nccc(-c2cc(C(=O)O)cn2C)n1. The maximum absolute atomic E-state index is 11.3. The van der Waals surface area contributed by atoms with Crippen LogP contribution in [0.15, 0.2) is 42.7 Å². The van der Waals surface area contributed by atoms with Crippen LogP contribution in [0.5, 0.6) is 5.75 Å². The van der Waals surface area contributed by atoms with Crippen LogP contribution in [0.25, 0.3) is 11.4 Å². The van der Waals surface area contributed by atoms with Gasteiger partial charge in [-0.3, -0.25) is 0 Å². The lowest BCUT2D eigenvalue weighted by molar-refractivity contribution is 0.0697. The Labute approximate surface area is 187 Å². The molecule has 0 aliphatic carbocycles. The topological polar surface area (TPSA) is 95.8 Å². The predicted octanol–water partition coefficient (Wildman–Crippen LogP) is 3.07. The van der Waals surface area contributed by atoms with Crippen LogP contribution in [0.3, 0.4) is 0 Å². The maximum atomic E-state index is 11.3. The third-order valence-corrected chi connectivity index (χ3v) is 5.69. The van der Waals surface area contributed by atoms with Gasteiger partial charge in [-0.1, -0.05) is 0 Å². The number of aromatic carboxylic acids is 1. The number of hydrogen-bond donors (Lipinski definition) is 2. The molecule has 2 aromatic heterocycles. The third kappa shape index (κ3) is 4.67. The molecule has 9 nitrogen and oxygen atoms in total. The molecule has 0 atom stereocenters. The molecule has 2 N–H and O–H groups in total. The Morgan fingerprint density at radius 2 is 1.97 bits per heavy atom. The molecule has 1 aliphatic heterocycles. The Bertz CT molecular complexity index is 1110. The first-order valence-electron chi connectivity index (χ1n) is 10.6. The number of aromatic nitrogens is 3. The van der Waals surface area contributed by atoms with Crippen LogP contribution in [0.4, 0.5) is 17.3 Å². The summed E-state index contributed by atoms with van der Waals surface area (Å²) in [6, 6.07) is 9.44. The van der Waals surface area contributed by atoms with Crippen molar-refractivity contribution in [1.82, 2.24) is 19.4 Å². The molecular weight excluding hydrogens is 408 g/mol. The first-order valence-corrected chi connectivity index (χ1v) is 10.6. The number of nitrogens with zero attached hydrogens (tertiary/aromatic N) is 5. The number of carboxylic acids is 1. The molecule has 3 heterocycles. The fraction of sp³-hybridized carbons (Fsp3) is 0.348. The fourth-order valence-corrected chi connectivity index (χ4v) is 3.90. The zero-order chi connectivity index (χ0) is 22.7. The Kier molecular flexibility index (Phi) is 6.27. The molecule has 32 heavy (non-hydrogen) atoms. The minimum absolute atomic E-state index is 0.215. The average molecular weight is 437 g/mol. The second-order valence-electron chi connectivity index (χ2n) is 7.95. The largest absolute Gasteiger partial charge is 0.494 e. The number of likely N-dealkylation sites (N-methyl/N-ethyl adjacent to an activating group) is 1. The number of carbonyl (C=O) groups is 1. The van der Waals surface area contributed by atoms with E-state index in [0.29, 0.717) is 23.1 Å². The number of ether oxygens (including phenoxy) is 1. The molecule has 0 radical (unpaired) electrons. The minimum atomic E-state index is -0.972. The van der Waals surface area contributed by atoms with Gasteiger partial charge >= 0.3 is 5.97 Å². The summed E-state index contributed by atoms with van der Waals surface area (Å²) >= 11 is 0. The van der Waals surface area contributed by atoms with E-state index in [9.17, 15) is 9.90 Å². The van der Waals surface area contributed by atoms with E-state index in [0.717, 1.165) is 44.0 Å². The number of carboxylic acid groups (broad SMARTS) is 1. The Hall–Kier alpha value is -3.59. The van der Waals surface area contributed by atoms with Crippen molar-refractivity contribution in [1.29, 1.82) is 0 Å². The highest BCUT2D eigenvalue weighted by atomic mass is 16.5. The lowest BCUT2D eigenvalue weighted by Crippen LogP contribution is -2.28. The van der Waals surface area contributed by atoms with Crippen LogP contribution >= 0.6 is 0 Å². The number of hydrogen-bond acceptors (Lipinski definition) is 7. The van der Waals surface area contributed by atoms with Gasteiger partial charge in [0.05, 0.1) is 29.7 Å². The second kappa shape index (κ2) is 9.27. The van der Waals surface area contributed by atoms with Gasteiger partial charge in [0.2, 0.25) is 5.95 Å². The summed E-state index contributed by atoms with van der Waals surface area (Å²) < 4.78 is 7.38. The summed E-state index contributed by atoms with van der Waals surface area (Å²) in [5.74, 6) is 0.143. The van der Waals surface area contributed by atoms with Crippen LogP contribution in [0, 0.1) is 0 Å². The maximum Gasteiger partial charge on any atom is 0.337 e. The summed E-state index contributed by atoms with van der Waals surface area (Å²) in [5, 5.41) is 12.5. The molecule has 1 aromatic carbocycles. The zero-order valence-electron chi connectivity index (χ0n) is 18.6. The van der Waals surface area contributed by atoms with Gasteiger partial charge in [-0.15, -0.1) is 0 Å². The normalized spacial score (nSPS) is 14.8. The first-order chi connectivity index (χ1) is 15.4. The van der Waals surface area contributed by atoms with Crippen molar-refractivity contribution < 1.29 is 14.6 Å². The third-order valence-electron chi connectivity index (χ3n) is 5.69. The Morgan fingerprint density at radius 3 is 2.72 bits per heavy atom. The van der Waals surface area contributed by atoms with Gasteiger partial charge in [0.1, 0.15) is 5.75 Å². The van der Waals surface area contributed by atoms with E-state index in [-0.39, 0.29) is 5.56 Å². The quantitative estimate of drug-likeness (QED) is 0.609. The van der Waals surface area contributed by atoms with Crippen LogP contribution in [-0.4, -0.2) is 70.8 Å². The number of aryl methyl sites for hydroxylation is 1. The van der Waals surface area contributed by atoms with E-state index in [2.05, 4.69) is 38.2 Å². The molecule has 0 spiro atoms. The number of rotatable bonds is 6. The van der Waals surface area contributed by atoms with Gasteiger partial charge in [-0.25, -0.2) is 14.8 Å². The highest BCUT2D eigenvalue weighted by Crippen LogP contribution is 2.32. The van der Waals surface area contributed by atoms with Gasteiger partial charge in [-0.05, 0) is 44.3 Å². The average Bonchev–Trinajstić information content (AvgIpc) is 3.05. The molecule has 3 aromatic rings. The summed E-state index contributed by atoms with van der Waals surface area (Å²) in [5.41, 5.74) is 3.43. The number of nitrogens with one attached hydrogen (secondary N) is 1. The van der Waals surface area contributed by atoms with Crippen molar-refractivity contribution in [2.75, 3.05) is 50.6 Å². The van der Waals surface area contributed by atoms with Gasteiger partial charge in [0, 0.05) is 50.8 Å². The molecule has 1 fully saturated rings. The molecule has 0 unspecified atom stereocenters. The lowest BCUT2D eigenvalue weighted by Gasteiger charge is -2.24.